The maximum atomic E-state index is 12.2. The average Bonchev–Trinajstić information content (AvgIpc) is 2.69. The molecule has 0 aliphatic rings. The van der Waals surface area contributed by atoms with E-state index in [-0.39, 0.29) is 18.3 Å². The van der Waals surface area contributed by atoms with Gasteiger partial charge in [0.2, 0.25) is 0 Å². The highest BCUT2D eigenvalue weighted by Crippen LogP contribution is 2.35. The van der Waals surface area contributed by atoms with Gasteiger partial charge in [0, 0.05) is 34.2 Å². The summed E-state index contributed by atoms with van der Waals surface area (Å²) in [6.45, 7) is 1.59. The van der Waals surface area contributed by atoms with Gasteiger partial charge in [-0.2, -0.15) is 5.26 Å². The number of pyridine rings is 1. The van der Waals surface area contributed by atoms with E-state index in [2.05, 4.69) is 10.3 Å². The summed E-state index contributed by atoms with van der Waals surface area (Å²) in [6, 6.07) is 13.1. The zero-order valence-electron chi connectivity index (χ0n) is 15.3. The topological polar surface area (TPSA) is 84.2 Å². The molecule has 0 saturated heterocycles. The van der Waals surface area contributed by atoms with E-state index in [1.54, 1.807) is 42.7 Å². The summed E-state index contributed by atoms with van der Waals surface area (Å²) in [6.07, 6.45) is 3.24. The SMILES string of the molecule is Cc1cnccc1NC(=O)COc1cc(Cl)ccc1Oc1cc(Cl)cc(C#N)c1. The van der Waals surface area contributed by atoms with Gasteiger partial charge in [-0.3, -0.25) is 9.78 Å². The normalized spacial score (nSPS) is 10.1. The molecule has 1 N–H and O–H groups in total. The molecule has 3 rings (SSSR count). The molecule has 2 aromatic carbocycles. The Hall–Kier alpha value is -3.27. The van der Waals surface area contributed by atoms with Gasteiger partial charge in [0.05, 0.1) is 11.6 Å². The molecule has 0 unspecified atom stereocenters. The number of hydrogen-bond donors (Lipinski definition) is 1. The van der Waals surface area contributed by atoms with Gasteiger partial charge in [0.25, 0.3) is 5.91 Å². The first-order valence-corrected chi connectivity index (χ1v) is 9.21. The first-order valence-electron chi connectivity index (χ1n) is 8.46. The standard InChI is InChI=1S/C21H15Cl2N3O3/c1-13-11-25-5-4-18(13)26-21(27)12-28-20-9-15(22)2-3-19(20)29-17-7-14(10-24)6-16(23)8-17/h2-9,11H,12H2,1H3,(H,25,26,27). The second-order valence-electron chi connectivity index (χ2n) is 6.01. The third kappa shape index (κ3) is 5.61. The monoisotopic (exact) mass is 427 g/mol. The van der Waals surface area contributed by atoms with E-state index in [1.807, 2.05) is 13.0 Å². The first-order chi connectivity index (χ1) is 13.9. The predicted octanol–water partition coefficient (Wildman–Crippen LogP) is 5.38. The lowest BCUT2D eigenvalue weighted by Crippen LogP contribution is -2.20. The molecule has 0 fully saturated rings. The van der Waals surface area contributed by atoms with Gasteiger partial charge in [-0.05, 0) is 48.9 Å². The van der Waals surface area contributed by atoms with Crippen LogP contribution in [-0.2, 0) is 4.79 Å². The molecule has 0 radical (unpaired) electrons. The van der Waals surface area contributed by atoms with Crippen LogP contribution in [0.3, 0.4) is 0 Å². The van der Waals surface area contributed by atoms with Gasteiger partial charge in [-0.1, -0.05) is 23.2 Å². The zero-order valence-corrected chi connectivity index (χ0v) is 16.8. The molecule has 0 atom stereocenters. The van der Waals surface area contributed by atoms with E-state index in [4.69, 9.17) is 37.9 Å². The molecular weight excluding hydrogens is 413 g/mol. The summed E-state index contributed by atoms with van der Waals surface area (Å²) >= 11 is 12.1. The molecular formula is C21H15Cl2N3O3. The Morgan fingerprint density at radius 2 is 1.97 bits per heavy atom. The van der Waals surface area contributed by atoms with Crippen LogP contribution >= 0.6 is 23.2 Å². The Morgan fingerprint density at radius 1 is 1.14 bits per heavy atom. The number of rotatable bonds is 6. The van der Waals surface area contributed by atoms with Crippen molar-refractivity contribution >= 4 is 34.8 Å². The fourth-order valence-corrected chi connectivity index (χ4v) is 2.82. The third-order valence-corrected chi connectivity index (χ3v) is 4.24. The number of nitriles is 1. The molecule has 29 heavy (non-hydrogen) atoms. The smallest absolute Gasteiger partial charge is 0.262 e. The van der Waals surface area contributed by atoms with Crippen LogP contribution in [0.2, 0.25) is 10.0 Å². The van der Waals surface area contributed by atoms with Gasteiger partial charge in [-0.15, -0.1) is 0 Å². The predicted molar refractivity (Wildman–Crippen MR) is 111 cm³/mol. The minimum atomic E-state index is -0.347. The van der Waals surface area contributed by atoms with Crippen LogP contribution in [0.4, 0.5) is 5.69 Å². The number of anilines is 1. The van der Waals surface area contributed by atoms with Crippen molar-refractivity contribution < 1.29 is 14.3 Å². The molecule has 0 aliphatic heterocycles. The van der Waals surface area contributed by atoms with Crippen molar-refractivity contribution in [2.75, 3.05) is 11.9 Å². The summed E-state index contributed by atoms with van der Waals surface area (Å²) in [5.41, 5.74) is 1.84. The highest BCUT2D eigenvalue weighted by atomic mass is 35.5. The Balaban J connectivity index is 1.74. The van der Waals surface area contributed by atoms with E-state index in [1.165, 1.54) is 12.1 Å². The van der Waals surface area contributed by atoms with Crippen molar-refractivity contribution in [1.82, 2.24) is 4.98 Å². The summed E-state index contributed by atoms with van der Waals surface area (Å²) in [5, 5.41) is 12.6. The number of nitrogens with one attached hydrogen (secondary N) is 1. The quantitative estimate of drug-likeness (QED) is 0.570. The van der Waals surface area contributed by atoms with Crippen LogP contribution in [0.25, 0.3) is 0 Å². The molecule has 8 heteroatoms. The minimum absolute atomic E-state index is 0.253. The Kier molecular flexibility index (Phi) is 6.55. The molecule has 0 saturated carbocycles. The number of halogens is 2. The molecule has 1 amide bonds. The van der Waals surface area contributed by atoms with Crippen molar-refractivity contribution in [2.45, 2.75) is 6.92 Å². The van der Waals surface area contributed by atoms with E-state index < -0.39 is 0 Å². The number of hydrogen-bond acceptors (Lipinski definition) is 5. The van der Waals surface area contributed by atoms with Crippen LogP contribution in [0.1, 0.15) is 11.1 Å². The number of ether oxygens (including phenoxy) is 2. The molecule has 0 aliphatic carbocycles. The van der Waals surface area contributed by atoms with Gasteiger partial charge in [0.1, 0.15) is 5.75 Å². The maximum Gasteiger partial charge on any atom is 0.262 e. The summed E-state index contributed by atoms with van der Waals surface area (Å²) in [7, 11) is 0. The lowest BCUT2D eigenvalue weighted by atomic mass is 10.2. The minimum Gasteiger partial charge on any atom is -0.480 e. The number of carbonyl (C=O) groups is 1. The Bertz CT molecular complexity index is 1100. The Labute approximate surface area is 177 Å². The lowest BCUT2D eigenvalue weighted by Gasteiger charge is -2.14. The van der Waals surface area contributed by atoms with Gasteiger partial charge < -0.3 is 14.8 Å². The second-order valence-corrected chi connectivity index (χ2v) is 6.88. The molecule has 0 bridgehead atoms. The van der Waals surface area contributed by atoms with E-state index in [0.29, 0.717) is 32.8 Å². The lowest BCUT2D eigenvalue weighted by molar-refractivity contribution is -0.118. The average molecular weight is 428 g/mol. The van der Waals surface area contributed by atoms with Crippen molar-refractivity contribution in [3.05, 3.63) is 76.0 Å². The van der Waals surface area contributed by atoms with Crippen LogP contribution in [0.15, 0.2) is 54.9 Å². The van der Waals surface area contributed by atoms with Gasteiger partial charge in [0.15, 0.2) is 18.1 Å². The molecule has 6 nitrogen and oxygen atoms in total. The third-order valence-electron chi connectivity index (χ3n) is 3.79. The van der Waals surface area contributed by atoms with Crippen molar-refractivity contribution in [3.63, 3.8) is 0 Å². The fraction of sp³-hybridized carbons (Fsp3) is 0.0952. The zero-order chi connectivity index (χ0) is 20.8. The van der Waals surface area contributed by atoms with Crippen LogP contribution < -0.4 is 14.8 Å². The largest absolute Gasteiger partial charge is 0.480 e. The summed E-state index contributed by atoms with van der Waals surface area (Å²) < 4.78 is 11.4. The number of aryl methyl sites for hydroxylation is 1. The van der Waals surface area contributed by atoms with E-state index in [9.17, 15) is 4.79 Å². The van der Waals surface area contributed by atoms with Gasteiger partial charge in [-0.25, -0.2) is 0 Å². The first kappa shape index (κ1) is 20.5. The molecule has 1 heterocycles. The molecule has 1 aromatic heterocycles. The molecule has 146 valence electrons. The second kappa shape index (κ2) is 9.28. The number of carbonyl (C=O) groups excluding carboxylic acids is 1. The van der Waals surface area contributed by atoms with Crippen molar-refractivity contribution in [1.29, 1.82) is 5.26 Å². The van der Waals surface area contributed by atoms with Crippen LogP contribution in [0, 0.1) is 18.3 Å². The summed E-state index contributed by atoms with van der Waals surface area (Å²) in [4.78, 5) is 16.2. The van der Waals surface area contributed by atoms with Crippen LogP contribution in [0.5, 0.6) is 17.2 Å². The number of aromatic nitrogens is 1. The van der Waals surface area contributed by atoms with Gasteiger partial charge >= 0.3 is 0 Å². The maximum absolute atomic E-state index is 12.2. The van der Waals surface area contributed by atoms with E-state index >= 15 is 0 Å². The number of nitrogens with zero attached hydrogens (tertiary/aromatic N) is 2. The highest BCUT2D eigenvalue weighted by Gasteiger charge is 2.12. The number of benzene rings is 2. The fourth-order valence-electron chi connectivity index (χ4n) is 2.44. The molecule has 0 spiro atoms. The van der Waals surface area contributed by atoms with Crippen LogP contribution in [-0.4, -0.2) is 17.5 Å². The van der Waals surface area contributed by atoms with Crippen molar-refractivity contribution in [3.8, 4) is 23.3 Å². The number of amides is 1. The molecule has 3 aromatic rings. The van der Waals surface area contributed by atoms with Crippen molar-refractivity contribution in [2.24, 2.45) is 0 Å². The Morgan fingerprint density at radius 3 is 2.72 bits per heavy atom. The summed E-state index contributed by atoms with van der Waals surface area (Å²) in [5.74, 6) is 0.615. The van der Waals surface area contributed by atoms with E-state index in [0.717, 1.165) is 5.56 Å². The highest BCUT2D eigenvalue weighted by molar-refractivity contribution is 6.31.